The molecule has 5 atom stereocenters. The normalized spacial score (nSPS) is 30.8. The fraction of sp³-hybridized carbons (Fsp3) is 0.650. The molecule has 4 N–H and O–H groups in total. The lowest BCUT2D eigenvalue weighted by atomic mass is 9.78. The molecule has 1 aromatic heterocycles. The number of hydrogen-bond donors (Lipinski definition) is 3. The molecule has 2 saturated heterocycles. The molecule has 3 heterocycles. The fourth-order valence-corrected chi connectivity index (χ4v) is 6.55. The van der Waals surface area contributed by atoms with Crippen LogP contribution in [0.3, 0.4) is 0 Å². The van der Waals surface area contributed by atoms with Gasteiger partial charge in [-0.2, -0.15) is 0 Å². The van der Waals surface area contributed by atoms with Gasteiger partial charge in [0.2, 0.25) is 5.91 Å². The summed E-state index contributed by atoms with van der Waals surface area (Å²) in [6, 6.07) is 0. The third kappa shape index (κ3) is 3.22. The van der Waals surface area contributed by atoms with Gasteiger partial charge in [-0.3, -0.25) is 14.4 Å². The van der Waals surface area contributed by atoms with Crippen molar-refractivity contribution >= 4 is 34.1 Å². The van der Waals surface area contributed by atoms with E-state index in [1.807, 2.05) is 0 Å². The molecule has 2 fully saturated rings. The van der Waals surface area contributed by atoms with Crippen LogP contribution in [0.5, 0.6) is 0 Å². The van der Waals surface area contributed by atoms with E-state index >= 15 is 0 Å². The smallest absolute Gasteiger partial charge is 0.310 e. The van der Waals surface area contributed by atoms with Crippen LogP contribution in [-0.2, 0) is 27.2 Å². The molecular weight excluding hydrogens is 380 g/mol. The Bertz CT molecular complexity index is 820. The van der Waals surface area contributed by atoms with Crippen molar-refractivity contribution in [3.8, 4) is 0 Å². The summed E-state index contributed by atoms with van der Waals surface area (Å²) in [6.07, 6.45) is 5.57. The highest BCUT2D eigenvalue weighted by molar-refractivity contribution is 7.17. The number of carboxylic acid groups (broad SMARTS) is 1. The number of fused-ring (bicyclic) bond motifs is 3. The van der Waals surface area contributed by atoms with Crippen molar-refractivity contribution in [3.63, 3.8) is 0 Å². The molecule has 0 unspecified atom stereocenters. The van der Waals surface area contributed by atoms with Gasteiger partial charge in [-0.05, 0) is 43.6 Å². The first-order valence-corrected chi connectivity index (χ1v) is 10.9. The summed E-state index contributed by atoms with van der Waals surface area (Å²) >= 11 is 1.42. The number of nitrogens with two attached hydrogens (primary N) is 1. The highest BCUT2D eigenvalue weighted by atomic mass is 32.1. The van der Waals surface area contributed by atoms with Gasteiger partial charge in [-0.25, -0.2) is 0 Å². The van der Waals surface area contributed by atoms with E-state index in [2.05, 4.69) is 12.2 Å². The van der Waals surface area contributed by atoms with Gasteiger partial charge in [0.15, 0.2) is 0 Å². The lowest BCUT2D eigenvalue weighted by molar-refractivity contribution is -0.147. The van der Waals surface area contributed by atoms with E-state index in [9.17, 15) is 19.5 Å². The standard InChI is InChI=1S/C20H26N2O5S/c1-2-3-9-4-5-10-13(8-9)28-19(14(10)17(21)23)22-18(24)15-11-6-7-12(27-11)16(15)20(25)26/h9,11-12,15-16H,2-8H2,1H3,(H2,21,23)(H,22,24)(H,25,26)/t9-,11+,12+,15+,16+/m1/s1. The molecule has 2 amide bonds. The largest absolute Gasteiger partial charge is 0.481 e. The second kappa shape index (κ2) is 7.48. The molecule has 7 nitrogen and oxygen atoms in total. The first kappa shape index (κ1) is 19.4. The highest BCUT2D eigenvalue weighted by Gasteiger charge is 2.55. The summed E-state index contributed by atoms with van der Waals surface area (Å²) < 4.78 is 5.69. The number of anilines is 1. The molecule has 3 aliphatic rings. The Balaban J connectivity index is 1.59. The molecular formula is C20H26N2O5S. The second-order valence-electron chi connectivity index (χ2n) is 8.14. The van der Waals surface area contributed by atoms with Gasteiger partial charge in [0, 0.05) is 4.88 Å². The van der Waals surface area contributed by atoms with Gasteiger partial charge in [-0.15, -0.1) is 11.3 Å². The van der Waals surface area contributed by atoms with Gasteiger partial charge < -0.3 is 20.9 Å². The van der Waals surface area contributed by atoms with Crippen molar-refractivity contribution in [2.45, 2.75) is 64.1 Å². The zero-order valence-electron chi connectivity index (χ0n) is 15.9. The third-order valence-electron chi connectivity index (χ3n) is 6.41. The van der Waals surface area contributed by atoms with Crippen LogP contribution in [0.25, 0.3) is 0 Å². The number of nitrogens with one attached hydrogen (secondary N) is 1. The fourth-order valence-electron chi connectivity index (χ4n) is 5.18. The van der Waals surface area contributed by atoms with Crippen LogP contribution in [0.15, 0.2) is 0 Å². The van der Waals surface area contributed by atoms with E-state index < -0.39 is 29.8 Å². The molecule has 2 aliphatic heterocycles. The number of ether oxygens (including phenoxy) is 1. The van der Waals surface area contributed by atoms with E-state index in [1.54, 1.807) is 0 Å². The number of carbonyl (C=O) groups excluding carboxylic acids is 2. The molecule has 152 valence electrons. The Kier molecular flexibility index (Phi) is 5.18. The van der Waals surface area contributed by atoms with E-state index in [4.69, 9.17) is 10.5 Å². The number of carbonyl (C=O) groups is 3. The SMILES string of the molecule is CCC[C@@H]1CCc2c(sc(NC(=O)[C@@H]3[C@@H](C(=O)O)[C@@H]4CC[C@@H]3O4)c2C(N)=O)C1. The maximum atomic E-state index is 13.0. The van der Waals surface area contributed by atoms with Crippen molar-refractivity contribution in [1.82, 2.24) is 0 Å². The Hall–Kier alpha value is -1.93. The molecule has 0 aromatic carbocycles. The van der Waals surface area contributed by atoms with E-state index in [0.29, 0.717) is 29.3 Å². The Labute approximate surface area is 167 Å². The van der Waals surface area contributed by atoms with Crippen LogP contribution in [0, 0.1) is 17.8 Å². The highest BCUT2D eigenvalue weighted by Crippen LogP contribution is 2.45. The summed E-state index contributed by atoms with van der Waals surface area (Å²) in [7, 11) is 0. The molecule has 1 aromatic rings. The minimum Gasteiger partial charge on any atom is -0.481 e. The summed E-state index contributed by atoms with van der Waals surface area (Å²) in [4.78, 5) is 37.9. The lowest BCUT2D eigenvalue weighted by Gasteiger charge is -2.23. The molecule has 2 bridgehead atoms. The van der Waals surface area contributed by atoms with Crippen molar-refractivity contribution in [3.05, 3.63) is 16.0 Å². The summed E-state index contributed by atoms with van der Waals surface area (Å²) in [5, 5.41) is 12.9. The van der Waals surface area contributed by atoms with Gasteiger partial charge in [0.05, 0.1) is 29.6 Å². The van der Waals surface area contributed by atoms with E-state index in [0.717, 1.165) is 42.5 Å². The van der Waals surface area contributed by atoms with E-state index in [-0.39, 0.29) is 12.0 Å². The van der Waals surface area contributed by atoms with Gasteiger partial charge in [0.1, 0.15) is 5.00 Å². The number of aliphatic carboxylic acids is 1. The average Bonchev–Trinajstić information content (AvgIpc) is 3.33. The molecule has 28 heavy (non-hydrogen) atoms. The van der Waals surface area contributed by atoms with Crippen LogP contribution in [0.4, 0.5) is 5.00 Å². The Morgan fingerprint density at radius 2 is 1.93 bits per heavy atom. The molecule has 0 radical (unpaired) electrons. The van der Waals surface area contributed by atoms with Crippen molar-refractivity contribution in [2.24, 2.45) is 23.5 Å². The molecule has 0 saturated carbocycles. The molecule has 1 aliphatic carbocycles. The lowest BCUT2D eigenvalue weighted by Crippen LogP contribution is -2.41. The quantitative estimate of drug-likeness (QED) is 0.671. The first-order valence-electron chi connectivity index (χ1n) is 10.0. The number of hydrogen-bond acceptors (Lipinski definition) is 5. The number of rotatable bonds is 6. The second-order valence-corrected chi connectivity index (χ2v) is 9.24. The number of primary amides is 1. The minimum atomic E-state index is -1.00. The zero-order chi connectivity index (χ0) is 20.0. The number of thiophene rings is 1. The van der Waals surface area contributed by atoms with Gasteiger partial charge in [0.25, 0.3) is 5.91 Å². The maximum Gasteiger partial charge on any atom is 0.310 e. The zero-order valence-corrected chi connectivity index (χ0v) is 16.7. The van der Waals surface area contributed by atoms with Crippen LogP contribution >= 0.6 is 11.3 Å². The van der Waals surface area contributed by atoms with Crippen LogP contribution in [-0.4, -0.2) is 35.1 Å². The maximum absolute atomic E-state index is 13.0. The monoisotopic (exact) mass is 406 g/mol. The van der Waals surface area contributed by atoms with E-state index in [1.165, 1.54) is 11.3 Å². The van der Waals surface area contributed by atoms with Crippen LogP contribution in [0.2, 0.25) is 0 Å². The van der Waals surface area contributed by atoms with Crippen molar-refractivity contribution in [2.75, 3.05) is 5.32 Å². The molecule has 0 spiro atoms. The number of carboxylic acids is 1. The number of amides is 2. The topological polar surface area (TPSA) is 119 Å². The van der Waals surface area contributed by atoms with Crippen molar-refractivity contribution in [1.29, 1.82) is 0 Å². The van der Waals surface area contributed by atoms with Gasteiger partial charge in [-0.1, -0.05) is 19.8 Å². The van der Waals surface area contributed by atoms with Crippen LogP contribution in [0.1, 0.15) is 59.8 Å². The molecule has 8 heteroatoms. The first-order chi connectivity index (χ1) is 13.4. The predicted octanol–water partition coefficient (Wildman–Crippen LogP) is 2.57. The van der Waals surface area contributed by atoms with Gasteiger partial charge >= 0.3 is 5.97 Å². The van der Waals surface area contributed by atoms with Crippen molar-refractivity contribution < 1.29 is 24.2 Å². The summed E-state index contributed by atoms with van der Waals surface area (Å²) in [5.41, 5.74) is 7.00. The average molecular weight is 407 g/mol. The molecule has 4 rings (SSSR count). The Morgan fingerprint density at radius 3 is 2.57 bits per heavy atom. The minimum absolute atomic E-state index is 0.369. The summed E-state index contributed by atoms with van der Waals surface area (Å²) in [6.45, 7) is 2.17. The predicted molar refractivity (Wildman–Crippen MR) is 104 cm³/mol. The Morgan fingerprint density at radius 1 is 1.21 bits per heavy atom. The third-order valence-corrected chi connectivity index (χ3v) is 7.58. The summed E-state index contributed by atoms with van der Waals surface area (Å²) in [5.74, 6) is -2.90. The van der Waals surface area contributed by atoms with Crippen LogP contribution < -0.4 is 11.1 Å².